The number of rotatable bonds is 4. The van der Waals surface area contributed by atoms with E-state index in [-0.39, 0.29) is 11.7 Å². The number of thiophene rings is 1. The van der Waals surface area contributed by atoms with Gasteiger partial charge >= 0.3 is 0 Å². The quantitative estimate of drug-likeness (QED) is 0.871. The van der Waals surface area contributed by atoms with Crippen molar-refractivity contribution in [3.05, 3.63) is 52.2 Å². The predicted molar refractivity (Wildman–Crippen MR) is 68.5 cm³/mol. The maximum absolute atomic E-state index is 11.7. The number of benzene rings is 1. The summed E-state index contributed by atoms with van der Waals surface area (Å²) < 4.78 is 0. The van der Waals surface area contributed by atoms with Crippen molar-refractivity contribution in [2.24, 2.45) is 0 Å². The van der Waals surface area contributed by atoms with Gasteiger partial charge in [-0.1, -0.05) is 0 Å². The molecule has 1 heterocycles. The minimum Gasteiger partial charge on any atom is -0.508 e. The largest absolute Gasteiger partial charge is 0.508 e. The molecule has 0 spiro atoms. The van der Waals surface area contributed by atoms with Crippen LogP contribution in [-0.4, -0.2) is 17.6 Å². The van der Waals surface area contributed by atoms with Gasteiger partial charge in [-0.05, 0) is 53.1 Å². The first-order valence-corrected chi connectivity index (χ1v) is 6.28. The Kier molecular flexibility index (Phi) is 3.77. The van der Waals surface area contributed by atoms with E-state index in [4.69, 9.17) is 5.11 Å². The average molecular weight is 247 g/mol. The fourth-order valence-corrected chi connectivity index (χ4v) is 2.17. The molecule has 0 saturated carbocycles. The summed E-state index contributed by atoms with van der Waals surface area (Å²) in [5.74, 6) is 0.0556. The molecule has 3 nitrogen and oxygen atoms in total. The fraction of sp³-hybridized carbons (Fsp3) is 0.154. The van der Waals surface area contributed by atoms with E-state index >= 15 is 0 Å². The Labute approximate surface area is 104 Å². The Morgan fingerprint density at radius 1 is 1.24 bits per heavy atom. The van der Waals surface area contributed by atoms with Gasteiger partial charge in [0.05, 0.1) is 0 Å². The van der Waals surface area contributed by atoms with Crippen LogP contribution in [0.25, 0.3) is 0 Å². The number of aromatic hydroxyl groups is 1. The van der Waals surface area contributed by atoms with Crippen LogP contribution in [0.4, 0.5) is 0 Å². The second-order valence-electron chi connectivity index (χ2n) is 3.68. The summed E-state index contributed by atoms with van der Waals surface area (Å²) in [5, 5.41) is 16.1. The van der Waals surface area contributed by atoms with Crippen molar-refractivity contribution in [2.75, 3.05) is 6.54 Å². The van der Waals surface area contributed by atoms with Crippen LogP contribution in [0, 0.1) is 0 Å². The Balaban J connectivity index is 1.83. The summed E-state index contributed by atoms with van der Waals surface area (Å²) in [5.41, 5.74) is 1.80. The zero-order valence-electron chi connectivity index (χ0n) is 9.22. The van der Waals surface area contributed by atoms with E-state index in [1.807, 2.05) is 5.38 Å². The smallest absolute Gasteiger partial charge is 0.251 e. The number of amides is 1. The average Bonchev–Trinajstić information content (AvgIpc) is 2.83. The lowest BCUT2D eigenvalue weighted by molar-refractivity contribution is 0.0954. The standard InChI is InChI=1S/C13H13NO2S/c15-12-3-1-11(2-4-12)13(16)14-7-5-10-6-8-17-9-10/h1-4,6,8-9,15H,5,7H2,(H,14,16). The number of carbonyl (C=O) groups excluding carboxylic acids is 1. The minimum absolute atomic E-state index is 0.111. The normalized spacial score (nSPS) is 10.1. The van der Waals surface area contributed by atoms with Crippen LogP contribution in [0.15, 0.2) is 41.1 Å². The first kappa shape index (κ1) is 11.7. The van der Waals surface area contributed by atoms with E-state index in [0.717, 1.165) is 6.42 Å². The Morgan fingerprint density at radius 3 is 2.65 bits per heavy atom. The molecule has 0 aliphatic rings. The topological polar surface area (TPSA) is 49.3 Å². The van der Waals surface area contributed by atoms with Crippen molar-refractivity contribution in [3.63, 3.8) is 0 Å². The number of hydrogen-bond donors (Lipinski definition) is 2. The van der Waals surface area contributed by atoms with Gasteiger partial charge in [0.2, 0.25) is 0 Å². The zero-order chi connectivity index (χ0) is 12.1. The van der Waals surface area contributed by atoms with E-state index in [1.54, 1.807) is 23.5 Å². The van der Waals surface area contributed by atoms with Crippen LogP contribution in [0.5, 0.6) is 5.75 Å². The fourth-order valence-electron chi connectivity index (χ4n) is 1.47. The van der Waals surface area contributed by atoms with Gasteiger partial charge in [0.15, 0.2) is 0 Å². The highest BCUT2D eigenvalue weighted by atomic mass is 32.1. The molecule has 1 amide bonds. The zero-order valence-corrected chi connectivity index (χ0v) is 10.0. The maximum Gasteiger partial charge on any atom is 0.251 e. The summed E-state index contributed by atoms with van der Waals surface area (Å²) in [6, 6.07) is 8.28. The molecule has 0 aliphatic carbocycles. The molecule has 0 unspecified atom stereocenters. The van der Waals surface area contributed by atoms with Gasteiger partial charge in [-0.2, -0.15) is 11.3 Å². The summed E-state index contributed by atoms with van der Waals surface area (Å²) in [6.45, 7) is 0.621. The van der Waals surface area contributed by atoms with Gasteiger partial charge < -0.3 is 10.4 Å². The van der Waals surface area contributed by atoms with Gasteiger partial charge in [0.25, 0.3) is 5.91 Å². The van der Waals surface area contributed by atoms with Gasteiger partial charge in [-0.25, -0.2) is 0 Å². The maximum atomic E-state index is 11.7. The van der Waals surface area contributed by atoms with Crippen molar-refractivity contribution in [1.82, 2.24) is 5.32 Å². The number of carbonyl (C=O) groups is 1. The number of phenolic OH excluding ortho intramolecular Hbond substituents is 1. The molecule has 2 aromatic rings. The first-order chi connectivity index (χ1) is 8.25. The van der Waals surface area contributed by atoms with Crippen molar-refractivity contribution < 1.29 is 9.90 Å². The number of nitrogens with one attached hydrogen (secondary N) is 1. The van der Waals surface area contributed by atoms with E-state index in [2.05, 4.69) is 16.8 Å². The summed E-state index contributed by atoms with van der Waals surface area (Å²) >= 11 is 1.66. The number of phenols is 1. The summed E-state index contributed by atoms with van der Waals surface area (Å²) in [7, 11) is 0. The van der Waals surface area contributed by atoms with Crippen molar-refractivity contribution >= 4 is 17.2 Å². The SMILES string of the molecule is O=C(NCCc1ccsc1)c1ccc(O)cc1. The van der Waals surface area contributed by atoms with Crippen molar-refractivity contribution in [1.29, 1.82) is 0 Å². The summed E-state index contributed by atoms with van der Waals surface area (Å²) in [4.78, 5) is 11.7. The highest BCUT2D eigenvalue weighted by molar-refractivity contribution is 7.07. The van der Waals surface area contributed by atoms with Crippen LogP contribution >= 0.6 is 11.3 Å². The third-order valence-corrected chi connectivity index (χ3v) is 3.14. The van der Waals surface area contributed by atoms with E-state index in [1.165, 1.54) is 17.7 Å². The molecule has 0 saturated heterocycles. The van der Waals surface area contributed by atoms with Gasteiger partial charge in [0.1, 0.15) is 5.75 Å². The van der Waals surface area contributed by atoms with Gasteiger partial charge in [-0.3, -0.25) is 4.79 Å². The molecule has 0 fully saturated rings. The van der Waals surface area contributed by atoms with Crippen LogP contribution in [-0.2, 0) is 6.42 Å². The molecule has 2 N–H and O–H groups in total. The lowest BCUT2D eigenvalue weighted by atomic mass is 10.2. The monoisotopic (exact) mass is 247 g/mol. The first-order valence-electron chi connectivity index (χ1n) is 5.34. The molecule has 0 bridgehead atoms. The molecule has 1 aromatic heterocycles. The Hall–Kier alpha value is -1.81. The molecule has 0 radical (unpaired) electrons. The third kappa shape index (κ3) is 3.32. The van der Waals surface area contributed by atoms with Crippen molar-refractivity contribution in [3.8, 4) is 5.75 Å². The molecule has 88 valence electrons. The molecule has 0 aliphatic heterocycles. The third-order valence-electron chi connectivity index (χ3n) is 2.41. The molecule has 4 heteroatoms. The molecular formula is C13H13NO2S. The van der Waals surface area contributed by atoms with Crippen LogP contribution in [0.1, 0.15) is 15.9 Å². The second kappa shape index (κ2) is 5.50. The Morgan fingerprint density at radius 2 is 2.00 bits per heavy atom. The van der Waals surface area contributed by atoms with Gasteiger partial charge in [0, 0.05) is 12.1 Å². The van der Waals surface area contributed by atoms with E-state index in [9.17, 15) is 4.79 Å². The highest BCUT2D eigenvalue weighted by Gasteiger charge is 2.04. The molecule has 1 aromatic carbocycles. The molecule has 17 heavy (non-hydrogen) atoms. The molecule has 2 rings (SSSR count). The van der Waals surface area contributed by atoms with Crippen molar-refractivity contribution in [2.45, 2.75) is 6.42 Å². The minimum atomic E-state index is -0.111. The lowest BCUT2D eigenvalue weighted by Crippen LogP contribution is -2.25. The van der Waals surface area contributed by atoms with Crippen LogP contribution in [0.2, 0.25) is 0 Å². The van der Waals surface area contributed by atoms with E-state index in [0.29, 0.717) is 12.1 Å². The molecule has 0 atom stereocenters. The number of hydrogen-bond acceptors (Lipinski definition) is 3. The second-order valence-corrected chi connectivity index (χ2v) is 4.46. The predicted octanol–water partition coefficient (Wildman–Crippen LogP) is 2.43. The van der Waals surface area contributed by atoms with E-state index < -0.39 is 0 Å². The van der Waals surface area contributed by atoms with Crippen LogP contribution < -0.4 is 5.32 Å². The Bertz CT molecular complexity index is 477. The van der Waals surface area contributed by atoms with Gasteiger partial charge in [-0.15, -0.1) is 0 Å². The summed E-state index contributed by atoms with van der Waals surface area (Å²) in [6.07, 6.45) is 0.841. The highest BCUT2D eigenvalue weighted by Crippen LogP contribution is 2.09. The van der Waals surface area contributed by atoms with Crippen LogP contribution in [0.3, 0.4) is 0 Å². The lowest BCUT2D eigenvalue weighted by Gasteiger charge is -2.04. The molecular weight excluding hydrogens is 234 g/mol.